The van der Waals surface area contributed by atoms with E-state index < -0.39 is 9.84 Å². The Balaban J connectivity index is 1.69. The quantitative estimate of drug-likeness (QED) is 0.891. The van der Waals surface area contributed by atoms with Gasteiger partial charge >= 0.3 is 0 Å². The lowest BCUT2D eigenvalue weighted by molar-refractivity contribution is -0.121. The molecule has 0 aliphatic carbocycles. The first-order valence-corrected chi connectivity index (χ1v) is 8.48. The number of nitrogens with one attached hydrogen (secondary N) is 1. The number of benzene rings is 1. The zero-order valence-corrected chi connectivity index (χ0v) is 12.0. The molecule has 1 atom stereocenters. The van der Waals surface area contributed by atoms with Crippen LogP contribution in [0.25, 0.3) is 0 Å². The van der Waals surface area contributed by atoms with Crippen LogP contribution in [0.15, 0.2) is 24.3 Å². The fourth-order valence-corrected chi connectivity index (χ4v) is 4.15. The van der Waals surface area contributed by atoms with E-state index in [-0.39, 0.29) is 29.1 Å². The first kappa shape index (κ1) is 15.0. The van der Waals surface area contributed by atoms with E-state index in [4.69, 9.17) is 0 Å². The van der Waals surface area contributed by atoms with Crippen LogP contribution in [-0.4, -0.2) is 32.4 Å². The minimum absolute atomic E-state index is 0.0368. The SMILES string of the molecule is O=C(CCc1ccc(F)cc1)NCC1CCS(=O)(=O)C1. The third-order valence-electron chi connectivity index (χ3n) is 3.47. The van der Waals surface area contributed by atoms with Crippen LogP contribution < -0.4 is 5.32 Å². The van der Waals surface area contributed by atoms with Crippen molar-refractivity contribution in [3.05, 3.63) is 35.6 Å². The number of rotatable bonds is 5. The fraction of sp³-hybridized carbons (Fsp3) is 0.500. The minimum Gasteiger partial charge on any atom is -0.356 e. The highest BCUT2D eigenvalue weighted by Gasteiger charge is 2.27. The van der Waals surface area contributed by atoms with Crippen molar-refractivity contribution in [1.29, 1.82) is 0 Å². The molecule has 0 bridgehead atoms. The van der Waals surface area contributed by atoms with Crippen molar-refractivity contribution in [3.63, 3.8) is 0 Å². The van der Waals surface area contributed by atoms with E-state index in [9.17, 15) is 17.6 Å². The Morgan fingerprint density at radius 1 is 1.30 bits per heavy atom. The van der Waals surface area contributed by atoms with Gasteiger partial charge in [-0.05, 0) is 36.5 Å². The molecule has 1 aromatic carbocycles. The summed E-state index contributed by atoms with van der Waals surface area (Å²) in [6.07, 6.45) is 1.50. The van der Waals surface area contributed by atoms with E-state index in [0.717, 1.165) is 5.56 Å². The van der Waals surface area contributed by atoms with Gasteiger partial charge in [-0.3, -0.25) is 4.79 Å². The normalized spacial score (nSPS) is 20.8. The Hall–Kier alpha value is -1.43. The summed E-state index contributed by atoms with van der Waals surface area (Å²) >= 11 is 0. The van der Waals surface area contributed by atoms with Crippen LogP contribution in [0.4, 0.5) is 4.39 Å². The number of amides is 1. The summed E-state index contributed by atoms with van der Waals surface area (Å²) in [5.41, 5.74) is 0.907. The molecule has 2 rings (SSSR count). The molecular weight excluding hydrogens is 281 g/mol. The zero-order chi connectivity index (χ0) is 14.6. The van der Waals surface area contributed by atoms with Crippen molar-refractivity contribution >= 4 is 15.7 Å². The summed E-state index contributed by atoms with van der Waals surface area (Å²) in [7, 11) is -2.89. The van der Waals surface area contributed by atoms with Gasteiger partial charge in [0.2, 0.25) is 5.91 Å². The minimum atomic E-state index is -2.89. The van der Waals surface area contributed by atoms with Gasteiger partial charge in [0.1, 0.15) is 5.82 Å². The topological polar surface area (TPSA) is 63.2 Å². The fourth-order valence-electron chi connectivity index (χ4n) is 2.29. The second-order valence-corrected chi connectivity index (χ2v) is 7.43. The number of halogens is 1. The van der Waals surface area contributed by atoms with E-state index in [2.05, 4.69) is 5.32 Å². The van der Waals surface area contributed by atoms with Crippen molar-refractivity contribution in [3.8, 4) is 0 Å². The molecule has 1 aromatic rings. The van der Waals surface area contributed by atoms with Crippen LogP contribution in [0.1, 0.15) is 18.4 Å². The molecule has 4 nitrogen and oxygen atoms in total. The van der Waals surface area contributed by atoms with Gasteiger partial charge in [-0.2, -0.15) is 0 Å². The highest BCUT2D eigenvalue weighted by atomic mass is 32.2. The van der Waals surface area contributed by atoms with E-state index in [1.54, 1.807) is 12.1 Å². The summed E-state index contributed by atoms with van der Waals surface area (Å²) in [4.78, 5) is 11.7. The van der Waals surface area contributed by atoms with Crippen molar-refractivity contribution < 1.29 is 17.6 Å². The molecule has 1 amide bonds. The molecule has 1 unspecified atom stereocenters. The zero-order valence-electron chi connectivity index (χ0n) is 11.1. The van der Waals surface area contributed by atoms with E-state index in [1.165, 1.54) is 12.1 Å². The Labute approximate surface area is 118 Å². The number of carbonyl (C=O) groups excluding carboxylic acids is 1. The molecule has 6 heteroatoms. The summed E-state index contributed by atoms with van der Waals surface area (Å²) in [6, 6.07) is 6.06. The predicted octanol–water partition coefficient (Wildman–Crippen LogP) is 1.31. The Morgan fingerprint density at radius 3 is 2.60 bits per heavy atom. The highest BCUT2D eigenvalue weighted by molar-refractivity contribution is 7.91. The van der Waals surface area contributed by atoms with Crippen LogP contribution in [0.3, 0.4) is 0 Å². The molecule has 0 radical (unpaired) electrons. The summed E-state index contributed by atoms with van der Waals surface area (Å²) < 4.78 is 35.3. The number of sulfone groups is 1. The summed E-state index contributed by atoms with van der Waals surface area (Å²) in [5.74, 6) is 0.0444. The van der Waals surface area contributed by atoms with Crippen LogP contribution in [0, 0.1) is 11.7 Å². The number of hydrogen-bond acceptors (Lipinski definition) is 3. The Bertz CT molecular complexity index is 569. The second kappa shape index (κ2) is 6.35. The Morgan fingerprint density at radius 2 is 2.00 bits per heavy atom. The predicted molar refractivity (Wildman–Crippen MR) is 74.5 cm³/mol. The third-order valence-corrected chi connectivity index (χ3v) is 5.31. The smallest absolute Gasteiger partial charge is 0.220 e. The summed E-state index contributed by atoms with van der Waals surface area (Å²) in [5, 5.41) is 2.77. The first-order valence-electron chi connectivity index (χ1n) is 6.66. The average Bonchev–Trinajstić information content (AvgIpc) is 2.75. The lowest BCUT2D eigenvalue weighted by Gasteiger charge is -2.09. The first-order chi connectivity index (χ1) is 9.44. The van der Waals surface area contributed by atoms with Crippen LogP contribution in [-0.2, 0) is 21.1 Å². The lowest BCUT2D eigenvalue weighted by Crippen LogP contribution is -2.29. The molecule has 0 spiro atoms. The largest absolute Gasteiger partial charge is 0.356 e. The number of hydrogen-bond donors (Lipinski definition) is 1. The van der Waals surface area contributed by atoms with Crippen LogP contribution >= 0.6 is 0 Å². The number of aryl methyl sites for hydroxylation is 1. The molecule has 1 heterocycles. The van der Waals surface area contributed by atoms with Crippen molar-refractivity contribution in [2.24, 2.45) is 5.92 Å². The standard InChI is InChI=1S/C14H18FNO3S/c15-13-4-1-11(2-5-13)3-6-14(17)16-9-12-7-8-20(18,19)10-12/h1-2,4-5,12H,3,6-10H2,(H,16,17). The van der Waals surface area contributed by atoms with Crippen molar-refractivity contribution in [1.82, 2.24) is 5.32 Å². The van der Waals surface area contributed by atoms with Crippen LogP contribution in [0.2, 0.25) is 0 Å². The third kappa shape index (κ3) is 4.59. The van der Waals surface area contributed by atoms with Gasteiger partial charge in [-0.1, -0.05) is 12.1 Å². The van der Waals surface area contributed by atoms with Gasteiger partial charge < -0.3 is 5.32 Å². The average molecular weight is 299 g/mol. The molecule has 110 valence electrons. The van der Waals surface area contributed by atoms with Gasteiger partial charge in [0.25, 0.3) is 0 Å². The number of carbonyl (C=O) groups is 1. The molecule has 1 saturated heterocycles. The van der Waals surface area contributed by atoms with Gasteiger partial charge in [-0.25, -0.2) is 12.8 Å². The van der Waals surface area contributed by atoms with Crippen molar-refractivity contribution in [2.45, 2.75) is 19.3 Å². The molecule has 0 saturated carbocycles. The maximum absolute atomic E-state index is 12.7. The van der Waals surface area contributed by atoms with E-state index in [1.807, 2.05) is 0 Å². The van der Waals surface area contributed by atoms with Crippen LogP contribution in [0.5, 0.6) is 0 Å². The molecule has 0 aromatic heterocycles. The maximum atomic E-state index is 12.7. The van der Waals surface area contributed by atoms with Gasteiger partial charge in [0, 0.05) is 13.0 Å². The molecule has 1 aliphatic rings. The van der Waals surface area contributed by atoms with Crippen molar-refractivity contribution in [2.75, 3.05) is 18.1 Å². The van der Waals surface area contributed by atoms with E-state index >= 15 is 0 Å². The molecule has 20 heavy (non-hydrogen) atoms. The maximum Gasteiger partial charge on any atom is 0.220 e. The molecule has 1 aliphatic heterocycles. The molecular formula is C14H18FNO3S. The highest BCUT2D eigenvalue weighted by Crippen LogP contribution is 2.17. The van der Waals surface area contributed by atoms with Gasteiger partial charge in [0.15, 0.2) is 9.84 Å². The van der Waals surface area contributed by atoms with Gasteiger partial charge in [0.05, 0.1) is 11.5 Å². The Kier molecular flexibility index (Phi) is 4.75. The summed E-state index contributed by atoms with van der Waals surface area (Å²) in [6.45, 7) is 0.418. The van der Waals surface area contributed by atoms with Gasteiger partial charge in [-0.15, -0.1) is 0 Å². The second-order valence-electron chi connectivity index (χ2n) is 5.20. The van der Waals surface area contributed by atoms with E-state index in [0.29, 0.717) is 25.8 Å². The molecule has 1 N–H and O–H groups in total. The molecule has 1 fully saturated rings. The lowest BCUT2D eigenvalue weighted by atomic mass is 10.1. The monoisotopic (exact) mass is 299 g/mol.